The lowest BCUT2D eigenvalue weighted by molar-refractivity contribution is 0.133. The second-order valence-corrected chi connectivity index (χ2v) is 7.45. The lowest BCUT2D eigenvalue weighted by Crippen LogP contribution is -2.19. The first-order chi connectivity index (χ1) is 9.85. The van der Waals surface area contributed by atoms with Gasteiger partial charge in [0.2, 0.25) is 0 Å². The van der Waals surface area contributed by atoms with Crippen LogP contribution in [0, 0.1) is 11.3 Å². The van der Waals surface area contributed by atoms with Crippen LogP contribution < -0.4 is 0 Å². The van der Waals surface area contributed by atoms with Gasteiger partial charge in [-0.15, -0.1) is 0 Å². The number of benzene rings is 1. The van der Waals surface area contributed by atoms with Gasteiger partial charge in [0, 0.05) is 11.6 Å². The van der Waals surface area contributed by atoms with Gasteiger partial charge >= 0.3 is 0 Å². The average molecular weight is 285 g/mol. The van der Waals surface area contributed by atoms with E-state index in [0.717, 1.165) is 23.7 Å². The molecular weight excluding hydrogens is 258 g/mol. The van der Waals surface area contributed by atoms with Gasteiger partial charge in [0.1, 0.15) is 0 Å². The van der Waals surface area contributed by atoms with E-state index in [-0.39, 0.29) is 6.10 Å². The number of aromatic nitrogens is 1. The number of pyridine rings is 1. The van der Waals surface area contributed by atoms with E-state index < -0.39 is 0 Å². The molecule has 0 bridgehead atoms. The predicted octanol–water partition coefficient (Wildman–Crippen LogP) is 4.60. The summed E-state index contributed by atoms with van der Waals surface area (Å²) < 4.78 is 0. The van der Waals surface area contributed by atoms with Crippen molar-refractivity contribution in [3.8, 4) is 0 Å². The fourth-order valence-corrected chi connectivity index (χ4v) is 3.26. The van der Waals surface area contributed by atoms with E-state index in [9.17, 15) is 5.11 Å². The lowest BCUT2D eigenvalue weighted by Gasteiger charge is -2.25. The third kappa shape index (κ3) is 4.82. The fourth-order valence-electron chi connectivity index (χ4n) is 3.26. The fraction of sp³-hybridized carbons (Fsp3) is 0.526. The van der Waals surface area contributed by atoms with E-state index in [1.54, 1.807) is 0 Å². The first kappa shape index (κ1) is 16.0. The topological polar surface area (TPSA) is 33.1 Å². The SMILES string of the molecule is CC(CC(O)Cc1ccnc2ccccc12)CC(C)(C)C. The largest absolute Gasteiger partial charge is 0.393 e. The first-order valence-corrected chi connectivity index (χ1v) is 7.86. The van der Waals surface area contributed by atoms with Crippen LogP contribution in [-0.2, 0) is 6.42 Å². The Labute approximate surface area is 128 Å². The third-order valence-corrected chi connectivity index (χ3v) is 3.83. The van der Waals surface area contributed by atoms with Gasteiger partial charge in [-0.25, -0.2) is 0 Å². The number of nitrogens with zero attached hydrogens (tertiary/aromatic N) is 1. The summed E-state index contributed by atoms with van der Waals surface area (Å²) >= 11 is 0. The number of fused-ring (bicyclic) bond motifs is 1. The van der Waals surface area contributed by atoms with E-state index >= 15 is 0 Å². The van der Waals surface area contributed by atoms with Crippen LogP contribution in [0.1, 0.15) is 46.1 Å². The average Bonchev–Trinajstić information content (AvgIpc) is 2.36. The third-order valence-electron chi connectivity index (χ3n) is 3.83. The van der Waals surface area contributed by atoms with E-state index in [1.165, 1.54) is 5.56 Å². The molecule has 0 fully saturated rings. The minimum absolute atomic E-state index is 0.284. The Balaban J connectivity index is 2.03. The first-order valence-electron chi connectivity index (χ1n) is 7.86. The molecule has 0 aliphatic heterocycles. The molecule has 0 aliphatic rings. The molecule has 2 heteroatoms. The highest BCUT2D eigenvalue weighted by Crippen LogP contribution is 2.27. The molecule has 2 atom stereocenters. The molecule has 114 valence electrons. The summed E-state index contributed by atoms with van der Waals surface area (Å²) in [5, 5.41) is 11.6. The van der Waals surface area contributed by atoms with Crippen molar-refractivity contribution >= 4 is 10.9 Å². The summed E-state index contributed by atoms with van der Waals surface area (Å²) in [7, 11) is 0. The molecule has 1 aromatic carbocycles. The van der Waals surface area contributed by atoms with E-state index in [1.807, 2.05) is 30.5 Å². The quantitative estimate of drug-likeness (QED) is 0.871. The molecule has 2 unspecified atom stereocenters. The summed E-state index contributed by atoms with van der Waals surface area (Å²) in [5.74, 6) is 0.535. The van der Waals surface area contributed by atoms with Crippen LogP contribution in [0.15, 0.2) is 36.5 Å². The van der Waals surface area contributed by atoms with Crippen LogP contribution >= 0.6 is 0 Å². The number of para-hydroxylation sites is 1. The van der Waals surface area contributed by atoms with E-state index in [0.29, 0.717) is 17.8 Å². The maximum absolute atomic E-state index is 10.4. The standard InChI is InChI=1S/C19H27NO/c1-14(13-19(2,3)4)11-16(21)12-15-9-10-20-18-8-6-5-7-17(15)18/h5-10,14,16,21H,11-13H2,1-4H3. The molecule has 0 saturated carbocycles. The summed E-state index contributed by atoms with van der Waals surface area (Å²) in [6.07, 6.45) is 4.25. The Bertz CT molecular complexity index is 580. The van der Waals surface area contributed by atoms with Crippen molar-refractivity contribution in [3.63, 3.8) is 0 Å². The van der Waals surface area contributed by atoms with Gasteiger partial charge < -0.3 is 5.11 Å². The van der Waals surface area contributed by atoms with Gasteiger partial charge in [-0.05, 0) is 48.3 Å². The van der Waals surface area contributed by atoms with Crippen molar-refractivity contribution in [3.05, 3.63) is 42.1 Å². The molecule has 1 N–H and O–H groups in total. The van der Waals surface area contributed by atoms with Crippen LogP contribution in [0.4, 0.5) is 0 Å². The van der Waals surface area contributed by atoms with Crippen LogP contribution in [-0.4, -0.2) is 16.2 Å². The molecule has 0 saturated heterocycles. The van der Waals surface area contributed by atoms with E-state index in [4.69, 9.17) is 0 Å². The summed E-state index contributed by atoms with van der Waals surface area (Å²) in [5.41, 5.74) is 2.52. The summed E-state index contributed by atoms with van der Waals surface area (Å²) in [6, 6.07) is 10.2. The van der Waals surface area contributed by atoms with Crippen molar-refractivity contribution in [2.75, 3.05) is 0 Å². The zero-order valence-electron chi connectivity index (χ0n) is 13.6. The summed E-state index contributed by atoms with van der Waals surface area (Å²) in [6.45, 7) is 9.00. The van der Waals surface area contributed by atoms with Crippen molar-refractivity contribution in [1.82, 2.24) is 4.98 Å². The molecule has 2 rings (SSSR count). The van der Waals surface area contributed by atoms with Gasteiger partial charge in [-0.1, -0.05) is 45.9 Å². The minimum Gasteiger partial charge on any atom is -0.393 e. The number of aliphatic hydroxyl groups is 1. The molecule has 21 heavy (non-hydrogen) atoms. The molecule has 0 spiro atoms. The van der Waals surface area contributed by atoms with Crippen molar-refractivity contribution in [2.45, 2.75) is 53.1 Å². The maximum atomic E-state index is 10.4. The molecule has 1 aromatic heterocycles. The molecular formula is C19H27NO. The smallest absolute Gasteiger partial charge is 0.0704 e. The normalized spacial score (nSPS) is 15.1. The molecule has 2 nitrogen and oxygen atoms in total. The summed E-state index contributed by atoms with van der Waals surface area (Å²) in [4.78, 5) is 4.38. The van der Waals surface area contributed by atoms with Crippen LogP contribution in [0.2, 0.25) is 0 Å². The van der Waals surface area contributed by atoms with Gasteiger partial charge in [0.15, 0.2) is 0 Å². The molecule has 0 aliphatic carbocycles. The molecule has 2 aromatic rings. The minimum atomic E-state index is -0.284. The highest BCUT2D eigenvalue weighted by Gasteiger charge is 2.18. The second kappa shape index (κ2) is 6.57. The molecule has 0 amide bonds. The van der Waals surface area contributed by atoms with Crippen LogP contribution in [0.25, 0.3) is 10.9 Å². The Morgan fingerprint density at radius 1 is 1.14 bits per heavy atom. The van der Waals surface area contributed by atoms with Gasteiger partial charge in [-0.3, -0.25) is 4.98 Å². The number of hydrogen-bond acceptors (Lipinski definition) is 2. The molecule has 0 radical (unpaired) electrons. The Morgan fingerprint density at radius 2 is 1.86 bits per heavy atom. The van der Waals surface area contributed by atoms with Crippen molar-refractivity contribution in [2.24, 2.45) is 11.3 Å². The van der Waals surface area contributed by atoms with E-state index in [2.05, 4.69) is 38.7 Å². The Morgan fingerprint density at radius 3 is 2.57 bits per heavy atom. The highest BCUT2D eigenvalue weighted by atomic mass is 16.3. The number of rotatable bonds is 5. The van der Waals surface area contributed by atoms with Gasteiger partial charge in [0.25, 0.3) is 0 Å². The maximum Gasteiger partial charge on any atom is 0.0704 e. The van der Waals surface area contributed by atoms with Crippen LogP contribution in [0.3, 0.4) is 0 Å². The van der Waals surface area contributed by atoms with Crippen LogP contribution in [0.5, 0.6) is 0 Å². The second-order valence-electron chi connectivity index (χ2n) is 7.45. The molecule has 1 heterocycles. The zero-order chi connectivity index (χ0) is 15.5. The predicted molar refractivity (Wildman–Crippen MR) is 89.3 cm³/mol. The lowest BCUT2D eigenvalue weighted by atomic mass is 9.82. The Hall–Kier alpha value is -1.41. The van der Waals surface area contributed by atoms with Gasteiger partial charge in [-0.2, -0.15) is 0 Å². The van der Waals surface area contributed by atoms with Gasteiger partial charge in [0.05, 0.1) is 11.6 Å². The number of aliphatic hydroxyl groups excluding tert-OH is 1. The zero-order valence-corrected chi connectivity index (χ0v) is 13.6. The van der Waals surface area contributed by atoms with Crippen molar-refractivity contribution in [1.29, 1.82) is 0 Å². The highest BCUT2D eigenvalue weighted by molar-refractivity contribution is 5.81. The monoisotopic (exact) mass is 285 g/mol. The Kier molecular flexibility index (Phi) is 5.00. The number of hydrogen-bond donors (Lipinski definition) is 1. The van der Waals surface area contributed by atoms with Crippen molar-refractivity contribution < 1.29 is 5.11 Å².